The Morgan fingerprint density at radius 2 is 1.68 bits per heavy atom. The van der Waals surface area contributed by atoms with Crippen molar-refractivity contribution in [2.45, 2.75) is 32.0 Å². The Morgan fingerprint density at radius 1 is 1.02 bits per heavy atom. The van der Waals surface area contributed by atoms with Gasteiger partial charge in [0.15, 0.2) is 0 Å². The number of carbonyl (C=O) groups is 2. The summed E-state index contributed by atoms with van der Waals surface area (Å²) < 4.78 is 71.0. The highest BCUT2D eigenvalue weighted by atomic mass is 19.3. The lowest BCUT2D eigenvalue weighted by Gasteiger charge is -2.20. The van der Waals surface area contributed by atoms with Crippen LogP contribution < -0.4 is 25.2 Å². The molecule has 41 heavy (non-hydrogen) atoms. The summed E-state index contributed by atoms with van der Waals surface area (Å²) >= 11 is 0. The number of nitrogens with zero attached hydrogens (tertiary/aromatic N) is 2. The fourth-order valence-corrected chi connectivity index (χ4v) is 4.74. The van der Waals surface area contributed by atoms with Crippen molar-refractivity contribution >= 4 is 17.5 Å². The number of nitrogens with one attached hydrogen (secondary N) is 1. The monoisotopic (exact) mass is 577 g/mol. The van der Waals surface area contributed by atoms with E-state index in [-0.39, 0.29) is 42.4 Å². The number of aromatic nitrogens is 1. The van der Waals surface area contributed by atoms with E-state index in [9.17, 15) is 23.2 Å². The Balaban J connectivity index is 1.73. The number of benzene rings is 2. The van der Waals surface area contributed by atoms with Gasteiger partial charge in [0, 0.05) is 55.1 Å². The number of anilines is 1. The van der Waals surface area contributed by atoms with Crippen molar-refractivity contribution in [3.05, 3.63) is 87.3 Å². The minimum atomic E-state index is -3.06. The molecule has 0 spiro atoms. The first-order valence-electron chi connectivity index (χ1n) is 12.4. The molecule has 13 heteroatoms. The lowest BCUT2D eigenvalue weighted by molar-refractivity contribution is -0.118. The van der Waals surface area contributed by atoms with Gasteiger partial charge in [0.1, 0.15) is 34.9 Å². The molecule has 218 valence electrons. The number of pyridine rings is 1. The van der Waals surface area contributed by atoms with Gasteiger partial charge in [-0.3, -0.25) is 14.4 Å². The highest BCUT2D eigenvalue weighted by Gasteiger charge is 2.46. The molecule has 1 fully saturated rings. The fraction of sp³-hybridized carbons (Fsp3) is 0.321. The molecule has 0 aliphatic carbocycles. The van der Waals surface area contributed by atoms with Crippen LogP contribution in [-0.4, -0.2) is 56.4 Å². The molecule has 9 nitrogen and oxygen atoms in total. The quantitative estimate of drug-likeness (QED) is 0.370. The zero-order chi connectivity index (χ0) is 29.8. The molecule has 3 aromatic rings. The lowest BCUT2D eigenvalue weighted by atomic mass is 9.92. The second-order valence-electron chi connectivity index (χ2n) is 9.22. The topological polar surface area (TPSA) is 99.1 Å². The smallest absolute Gasteiger partial charge is 0.387 e. The molecule has 2 atom stereocenters. The molecule has 1 saturated heterocycles. The molecule has 0 radical (unpaired) electrons. The Morgan fingerprint density at radius 3 is 2.27 bits per heavy atom. The summed E-state index contributed by atoms with van der Waals surface area (Å²) in [4.78, 5) is 41.2. The van der Waals surface area contributed by atoms with Crippen LogP contribution in [0.3, 0.4) is 0 Å². The van der Waals surface area contributed by atoms with Crippen molar-refractivity contribution in [3.63, 3.8) is 0 Å². The summed E-state index contributed by atoms with van der Waals surface area (Å²) in [5.74, 6) is -5.11. The van der Waals surface area contributed by atoms with E-state index in [1.807, 2.05) is 0 Å². The van der Waals surface area contributed by atoms with Gasteiger partial charge in [-0.25, -0.2) is 8.78 Å². The molecular formula is C28H27F4N3O6. The van der Waals surface area contributed by atoms with Crippen molar-refractivity contribution in [2.75, 3.05) is 32.3 Å². The Labute approximate surface area is 232 Å². The van der Waals surface area contributed by atoms with Crippen LogP contribution in [0.1, 0.15) is 27.5 Å². The number of rotatable bonds is 10. The summed E-state index contributed by atoms with van der Waals surface area (Å²) in [5, 5.41) is 2.50. The van der Waals surface area contributed by atoms with Gasteiger partial charge in [-0.1, -0.05) is 0 Å². The normalized spacial score (nSPS) is 16.8. The molecule has 2 heterocycles. The molecule has 2 amide bonds. The molecule has 4 rings (SSSR count). The van der Waals surface area contributed by atoms with Crippen LogP contribution >= 0.6 is 0 Å². The molecule has 0 bridgehead atoms. The van der Waals surface area contributed by atoms with Gasteiger partial charge in [0.25, 0.3) is 11.5 Å². The fourth-order valence-electron chi connectivity index (χ4n) is 4.74. The number of hydrogen-bond donors (Lipinski definition) is 1. The molecule has 2 aromatic carbocycles. The van der Waals surface area contributed by atoms with Crippen LogP contribution in [0.15, 0.2) is 53.3 Å². The van der Waals surface area contributed by atoms with Gasteiger partial charge in [0.05, 0.1) is 13.7 Å². The van der Waals surface area contributed by atoms with E-state index < -0.39 is 53.1 Å². The van der Waals surface area contributed by atoms with Gasteiger partial charge in [-0.05, 0) is 43.3 Å². The van der Waals surface area contributed by atoms with Gasteiger partial charge in [0.2, 0.25) is 5.91 Å². The SMILES string of the molecule is COCCn1c(C)ccc(N2C[C@@H](c3c(F)cc(OC)cc3F)[C@H](NC(=O)c3ccc(OC(F)F)cc3)C2=O)c1=O. The minimum absolute atomic E-state index is 0.0236. The average Bonchev–Trinajstić information content (AvgIpc) is 3.23. The molecule has 0 saturated carbocycles. The number of ether oxygens (including phenoxy) is 3. The zero-order valence-electron chi connectivity index (χ0n) is 22.3. The Kier molecular flexibility index (Phi) is 8.96. The Hall–Kier alpha value is -4.39. The largest absolute Gasteiger partial charge is 0.497 e. The van der Waals surface area contributed by atoms with Crippen LogP contribution in [-0.2, 0) is 16.1 Å². The first-order valence-corrected chi connectivity index (χ1v) is 12.4. The van der Waals surface area contributed by atoms with Crippen LogP contribution in [0.2, 0.25) is 0 Å². The van der Waals surface area contributed by atoms with E-state index in [4.69, 9.17) is 9.47 Å². The summed E-state index contributed by atoms with van der Waals surface area (Å²) in [6.07, 6.45) is 0. The predicted octanol–water partition coefficient (Wildman–Crippen LogP) is 3.62. The summed E-state index contributed by atoms with van der Waals surface area (Å²) in [6, 6.07) is 8.15. The minimum Gasteiger partial charge on any atom is -0.497 e. The Bertz CT molecular complexity index is 1470. The van der Waals surface area contributed by atoms with Crippen molar-refractivity contribution in [1.82, 2.24) is 9.88 Å². The van der Waals surface area contributed by atoms with Crippen molar-refractivity contribution < 1.29 is 41.4 Å². The predicted molar refractivity (Wildman–Crippen MR) is 140 cm³/mol. The zero-order valence-corrected chi connectivity index (χ0v) is 22.3. The third-order valence-electron chi connectivity index (χ3n) is 6.78. The molecule has 1 aliphatic rings. The van der Waals surface area contributed by atoms with E-state index in [1.54, 1.807) is 13.0 Å². The van der Waals surface area contributed by atoms with Gasteiger partial charge in [-0.15, -0.1) is 0 Å². The summed E-state index contributed by atoms with van der Waals surface area (Å²) in [6.45, 7) is -1.25. The first kappa shape index (κ1) is 29.6. The number of carbonyl (C=O) groups excluding carboxylic acids is 2. The number of hydrogen-bond acceptors (Lipinski definition) is 6. The van der Waals surface area contributed by atoms with E-state index in [0.29, 0.717) is 5.69 Å². The highest BCUT2D eigenvalue weighted by Crippen LogP contribution is 2.36. The second-order valence-corrected chi connectivity index (χ2v) is 9.22. The third-order valence-corrected chi connectivity index (χ3v) is 6.78. The molecule has 0 unspecified atom stereocenters. The molecule has 1 aromatic heterocycles. The number of aryl methyl sites for hydroxylation is 1. The van der Waals surface area contributed by atoms with Crippen LogP contribution in [0.25, 0.3) is 0 Å². The highest BCUT2D eigenvalue weighted by molar-refractivity contribution is 6.05. The number of methoxy groups -OCH3 is 2. The maximum absolute atomic E-state index is 15.2. The maximum atomic E-state index is 15.2. The van der Waals surface area contributed by atoms with E-state index in [1.165, 1.54) is 37.0 Å². The standard InChI is InChI=1S/C28H27F4N3O6/c1-15-4-9-22(26(37)34(15)10-11-39-2)35-14-19(23-20(29)12-18(40-3)13-21(23)30)24(27(35)38)33-25(36)16-5-7-17(8-6-16)41-28(31)32/h4-9,12-13,19,24,28H,10-11,14H2,1-3H3,(H,33,36)/t19-,24-/m0/s1. The van der Waals surface area contributed by atoms with Gasteiger partial charge < -0.3 is 29.0 Å². The van der Waals surface area contributed by atoms with Crippen molar-refractivity contribution in [2.24, 2.45) is 0 Å². The van der Waals surface area contributed by atoms with Crippen molar-refractivity contribution in [1.29, 1.82) is 0 Å². The third kappa shape index (κ3) is 6.19. The van der Waals surface area contributed by atoms with E-state index >= 15 is 8.78 Å². The lowest BCUT2D eigenvalue weighted by Crippen LogP contribution is -2.44. The van der Waals surface area contributed by atoms with E-state index in [0.717, 1.165) is 29.2 Å². The average molecular weight is 578 g/mol. The summed E-state index contributed by atoms with van der Waals surface area (Å²) in [5.41, 5.74) is -0.452. The molecule has 1 N–H and O–H groups in total. The van der Waals surface area contributed by atoms with Crippen molar-refractivity contribution in [3.8, 4) is 11.5 Å². The maximum Gasteiger partial charge on any atom is 0.387 e. The number of alkyl halides is 2. The van der Waals surface area contributed by atoms with E-state index in [2.05, 4.69) is 10.1 Å². The van der Waals surface area contributed by atoms with Crippen LogP contribution in [0, 0.1) is 18.6 Å². The number of amides is 2. The van der Waals surface area contributed by atoms with Gasteiger partial charge in [-0.2, -0.15) is 8.78 Å². The van der Waals surface area contributed by atoms with Crippen LogP contribution in [0.4, 0.5) is 23.2 Å². The first-order chi connectivity index (χ1) is 19.5. The second kappa shape index (κ2) is 12.4. The van der Waals surface area contributed by atoms with Crippen LogP contribution in [0.5, 0.6) is 11.5 Å². The molecular weight excluding hydrogens is 550 g/mol. The summed E-state index contributed by atoms with van der Waals surface area (Å²) in [7, 11) is 2.71. The number of halogens is 4. The molecule has 1 aliphatic heterocycles. The van der Waals surface area contributed by atoms with Gasteiger partial charge >= 0.3 is 6.61 Å².